The van der Waals surface area contributed by atoms with Crippen molar-refractivity contribution >= 4 is 17.9 Å². The van der Waals surface area contributed by atoms with Crippen LogP contribution in [0.4, 0.5) is 43.9 Å². The average molecular weight is 432 g/mol. The number of benzene rings is 1. The predicted molar refractivity (Wildman–Crippen MR) is 60.9 cm³/mol. The number of aliphatic carboxylic acids is 1. The molecule has 0 fully saturated rings. The van der Waals surface area contributed by atoms with Gasteiger partial charge in [0.2, 0.25) is 11.6 Å². The first-order chi connectivity index (χ1) is 12.5. The van der Waals surface area contributed by atoms with Crippen LogP contribution in [0.25, 0.3) is 0 Å². The zero-order chi connectivity index (χ0) is 22.2. The summed E-state index contributed by atoms with van der Waals surface area (Å²) in [6.45, 7) is 0. The van der Waals surface area contributed by atoms with E-state index in [4.69, 9.17) is 5.11 Å². The summed E-state index contributed by atoms with van der Waals surface area (Å²) in [6.07, 6.45) is -17.6. The molecule has 0 aliphatic carbocycles. The number of hydrogen-bond acceptors (Lipinski definition) is 5. The number of alkyl halides is 6. The van der Waals surface area contributed by atoms with E-state index in [0.717, 1.165) is 0 Å². The van der Waals surface area contributed by atoms with Crippen molar-refractivity contribution in [3.05, 3.63) is 28.8 Å². The fraction of sp³-hybridized carbons (Fsp3) is 0.250. The van der Waals surface area contributed by atoms with Crippen molar-refractivity contribution in [2.24, 2.45) is 0 Å². The molecule has 0 radical (unpaired) electrons. The first-order valence-corrected chi connectivity index (χ1v) is 6.15. The van der Waals surface area contributed by atoms with Gasteiger partial charge in [-0.15, -0.1) is 0 Å². The number of halogens is 10. The lowest BCUT2D eigenvalue weighted by molar-refractivity contribution is -0.307. The van der Waals surface area contributed by atoms with Crippen molar-refractivity contribution in [3.63, 3.8) is 0 Å². The van der Waals surface area contributed by atoms with Crippen LogP contribution in [0.1, 0.15) is 10.4 Å². The lowest BCUT2D eigenvalue weighted by Crippen LogP contribution is -2.45. The highest BCUT2D eigenvalue weighted by molar-refractivity contribution is 6.29. The summed E-state index contributed by atoms with van der Waals surface area (Å²) >= 11 is 0. The Morgan fingerprint density at radius 3 is 1.61 bits per heavy atom. The Kier molecular flexibility index (Phi) is 6.16. The number of carbonyl (C=O) groups excluding carboxylic acids is 2. The fourth-order valence-electron chi connectivity index (χ4n) is 1.51. The van der Waals surface area contributed by atoms with Crippen LogP contribution in [0.15, 0.2) is 0 Å². The van der Waals surface area contributed by atoms with Gasteiger partial charge >= 0.3 is 30.3 Å². The Morgan fingerprint density at radius 2 is 1.21 bits per heavy atom. The molecule has 0 saturated heterocycles. The minimum atomic E-state index is -6.33. The summed E-state index contributed by atoms with van der Waals surface area (Å²) in [6, 6.07) is 0. The van der Waals surface area contributed by atoms with E-state index in [1.54, 1.807) is 0 Å². The van der Waals surface area contributed by atoms with Gasteiger partial charge in [0.25, 0.3) is 6.10 Å². The molecular weight excluding hydrogens is 430 g/mol. The number of carboxylic acids is 1. The van der Waals surface area contributed by atoms with Crippen LogP contribution in [0.3, 0.4) is 0 Å². The summed E-state index contributed by atoms with van der Waals surface area (Å²) in [7, 11) is 0. The highest BCUT2D eigenvalue weighted by atomic mass is 19.4. The Balaban J connectivity index is 3.59. The van der Waals surface area contributed by atoms with E-state index in [0.29, 0.717) is 0 Å². The van der Waals surface area contributed by atoms with Gasteiger partial charge in [-0.1, -0.05) is 0 Å². The molecule has 1 N–H and O–H groups in total. The van der Waals surface area contributed by atoms with Crippen molar-refractivity contribution in [1.82, 2.24) is 0 Å². The molecule has 1 aromatic rings. The molecule has 6 nitrogen and oxygen atoms in total. The van der Waals surface area contributed by atoms with Crippen molar-refractivity contribution in [1.29, 1.82) is 0 Å². The van der Waals surface area contributed by atoms with Crippen LogP contribution >= 0.6 is 0 Å². The topological polar surface area (TPSA) is 89.9 Å². The monoisotopic (exact) mass is 432 g/mol. The molecule has 156 valence electrons. The molecule has 0 aliphatic heterocycles. The minimum Gasteiger partial charge on any atom is -0.473 e. The molecule has 1 rings (SSSR count). The molecule has 0 aliphatic rings. The van der Waals surface area contributed by atoms with Gasteiger partial charge < -0.3 is 14.6 Å². The molecule has 0 amide bonds. The number of carbonyl (C=O) groups is 3. The molecule has 0 aromatic heterocycles. The smallest absolute Gasteiger partial charge is 0.434 e. The summed E-state index contributed by atoms with van der Waals surface area (Å²) in [4.78, 5) is 32.7. The second-order valence-corrected chi connectivity index (χ2v) is 4.52. The second kappa shape index (κ2) is 7.51. The Bertz CT molecular complexity index is 814. The summed E-state index contributed by atoms with van der Waals surface area (Å²) in [5.41, 5.74) is -2.57. The Morgan fingerprint density at radius 1 is 0.786 bits per heavy atom. The van der Waals surface area contributed by atoms with Gasteiger partial charge in [0.1, 0.15) is 5.56 Å². The maximum Gasteiger partial charge on any atom is 0.434 e. The van der Waals surface area contributed by atoms with E-state index >= 15 is 0 Å². The van der Waals surface area contributed by atoms with Crippen LogP contribution in [0.2, 0.25) is 0 Å². The third kappa shape index (κ3) is 4.61. The predicted octanol–water partition coefficient (Wildman–Crippen LogP) is 2.88. The molecule has 16 heteroatoms. The van der Waals surface area contributed by atoms with E-state index in [-0.39, 0.29) is 0 Å². The maximum absolute atomic E-state index is 13.7. The molecule has 1 aromatic carbocycles. The van der Waals surface area contributed by atoms with Crippen molar-refractivity contribution in [2.75, 3.05) is 0 Å². The van der Waals surface area contributed by atoms with Crippen LogP contribution < -0.4 is 4.74 Å². The van der Waals surface area contributed by atoms with Crippen LogP contribution in [-0.4, -0.2) is 41.5 Å². The maximum atomic E-state index is 13.7. The van der Waals surface area contributed by atoms with Gasteiger partial charge in [0.05, 0.1) is 0 Å². The van der Waals surface area contributed by atoms with E-state index in [1.165, 1.54) is 0 Å². The third-order valence-corrected chi connectivity index (χ3v) is 2.62. The molecule has 0 spiro atoms. The largest absolute Gasteiger partial charge is 0.473 e. The first-order valence-electron chi connectivity index (χ1n) is 6.15. The van der Waals surface area contributed by atoms with E-state index in [1.807, 2.05) is 0 Å². The molecule has 0 bridgehead atoms. The molecule has 0 saturated carbocycles. The average Bonchev–Trinajstić information content (AvgIpc) is 2.53. The van der Waals surface area contributed by atoms with Gasteiger partial charge in [0, 0.05) is 0 Å². The van der Waals surface area contributed by atoms with Gasteiger partial charge in [-0.3, -0.25) is 0 Å². The highest BCUT2D eigenvalue weighted by Gasteiger charge is 2.60. The first kappa shape index (κ1) is 23.0. The number of rotatable bonds is 3. The van der Waals surface area contributed by atoms with Crippen LogP contribution in [0.5, 0.6) is 5.75 Å². The molecule has 0 unspecified atom stereocenters. The summed E-state index contributed by atoms with van der Waals surface area (Å²) < 4.78 is 134. The lowest BCUT2D eigenvalue weighted by Gasteiger charge is -2.23. The zero-order valence-corrected chi connectivity index (χ0v) is 12.3. The van der Waals surface area contributed by atoms with Gasteiger partial charge in [-0.05, 0) is 0 Å². The van der Waals surface area contributed by atoms with Crippen molar-refractivity contribution in [2.45, 2.75) is 18.5 Å². The summed E-state index contributed by atoms with van der Waals surface area (Å²) in [5, 5.41) is 8.24. The normalized spacial score (nSPS) is 12.1. The quantitative estimate of drug-likeness (QED) is 0.197. The Labute approximate surface area is 145 Å². The molecule has 28 heavy (non-hydrogen) atoms. The van der Waals surface area contributed by atoms with Crippen LogP contribution in [-0.2, 0) is 14.3 Å². The van der Waals surface area contributed by atoms with Gasteiger partial charge in [-0.25, -0.2) is 27.6 Å². The van der Waals surface area contributed by atoms with E-state index in [9.17, 15) is 58.3 Å². The fourth-order valence-corrected chi connectivity index (χ4v) is 1.51. The van der Waals surface area contributed by atoms with Crippen molar-refractivity contribution < 1.29 is 72.9 Å². The van der Waals surface area contributed by atoms with Gasteiger partial charge in [0.15, 0.2) is 17.4 Å². The lowest BCUT2D eigenvalue weighted by atomic mass is 10.1. The number of hydrogen-bond donors (Lipinski definition) is 1. The van der Waals surface area contributed by atoms with E-state index < -0.39 is 70.9 Å². The van der Waals surface area contributed by atoms with Gasteiger partial charge in [-0.2, -0.15) is 30.7 Å². The third-order valence-electron chi connectivity index (χ3n) is 2.62. The SMILES string of the molecule is O=C(O)C(=O)Oc1c(F)c(F)c(F)c(F)c1C(=O)OC(C(F)(F)F)C(F)(F)F. The number of ether oxygens (including phenoxy) is 2. The molecule has 0 heterocycles. The highest BCUT2D eigenvalue weighted by Crippen LogP contribution is 2.38. The standard InChI is InChI=1S/C12H2F10O6/c13-2-1(8(25)28-10(11(17,18)19)12(20,21)22)6(27-9(26)7(23)24)5(16)4(15)3(2)14/h10H,(H,23,24). The minimum absolute atomic E-state index is 2.45. The molecular formula is C12H2F10O6. The zero-order valence-electron chi connectivity index (χ0n) is 12.3. The van der Waals surface area contributed by atoms with Crippen molar-refractivity contribution in [3.8, 4) is 5.75 Å². The number of esters is 2. The Hall–Kier alpha value is -3.07. The van der Waals surface area contributed by atoms with E-state index in [2.05, 4.69) is 9.47 Å². The summed E-state index contributed by atoms with van der Waals surface area (Å²) in [5.74, 6) is -22.2. The second-order valence-electron chi connectivity index (χ2n) is 4.52. The number of carboxylic acid groups (broad SMARTS) is 1. The van der Waals surface area contributed by atoms with Crippen LogP contribution in [0, 0.1) is 23.3 Å². The molecule has 0 atom stereocenters.